The molecule has 2 aliphatic rings. The number of benzene rings is 2. The van der Waals surface area contributed by atoms with Crippen LogP contribution < -0.4 is 10.6 Å². The molecule has 0 aromatic heterocycles. The van der Waals surface area contributed by atoms with Crippen LogP contribution in [0.4, 0.5) is 0 Å². The first-order valence-electron chi connectivity index (χ1n) is 11.4. The maximum atomic E-state index is 13.4. The molecule has 14 heteroatoms. The van der Waals surface area contributed by atoms with Gasteiger partial charge in [0.15, 0.2) is 0 Å². The van der Waals surface area contributed by atoms with Crippen molar-refractivity contribution in [3.63, 3.8) is 0 Å². The van der Waals surface area contributed by atoms with Gasteiger partial charge >= 0.3 is 11.9 Å². The van der Waals surface area contributed by atoms with E-state index < -0.39 is 52.9 Å². The molecule has 1 fully saturated rings. The summed E-state index contributed by atoms with van der Waals surface area (Å²) in [6, 6.07) is 8.26. The van der Waals surface area contributed by atoms with Crippen LogP contribution in [0.5, 0.6) is 5.75 Å². The zero-order valence-corrected chi connectivity index (χ0v) is 22.5. The molecule has 2 aromatic rings. The minimum absolute atomic E-state index is 0.0912. The highest BCUT2D eigenvalue weighted by molar-refractivity contribution is 8.00. The second-order valence-electron chi connectivity index (χ2n) is 8.53. The highest BCUT2D eigenvalue weighted by Gasteiger charge is 2.54. The molecule has 2 aliphatic heterocycles. The number of carboxylic acid groups (broad SMARTS) is 1. The van der Waals surface area contributed by atoms with Gasteiger partial charge in [0.1, 0.15) is 35.5 Å². The van der Waals surface area contributed by atoms with Crippen LogP contribution in [-0.2, 0) is 23.9 Å². The Morgan fingerprint density at radius 1 is 1.18 bits per heavy atom. The van der Waals surface area contributed by atoms with E-state index in [4.69, 9.17) is 27.9 Å². The number of hydrogen-bond donors (Lipinski definition) is 4. The lowest BCUT2D eigenvalue weighted by Gasteiger charge is -2.49. The summed E-state index contributed by atoms with van der Waals surface area (Å²) in [6.07, 6.45) is 0. The number of ether oxygens (including phenoxy) is 1. The fourth-order valence-corrected chi connectivity index (χ4v) is 5.93. The summed E-state index contributed by atoms with van der Waals surface area (Å²) in [5.74, 6) is -4.59. The normalized spacial score (nSPS) is 18.9. The van der Waals surface area contributed by atoms with Crippen molar-refractivity contribution in [1.29, 1.82) is 0 Å². The number of phenolic OH excluding ortho intramolecular Hbond substituents is 1. The number of halogens is 2. The van der Waals surface area contributed by atoms with Crippen LogP contribution in [0.15, 0.2) is 53.7 Å². The van der Waals surface area contributed by atoms with Crippen LogP contribution >= 0.6 is 35.0 Å². The first-order valence-corrected chi connectivity index (χ1v) is 13.2. The number of carboxylic acids is 1. The molecular formula is C25H21Cl2N3O8S. The number of thioether (sulfide) groups is 1. The Balaban J connectivity index is 1.55. The topological polar surface area (TPSA) is 162 Å². The molecule has 0 aliphatic carbocycles. The van der Waals surface area contributed by atoms with Crippen molar-refractivity contribution < 1.29 is 38.9 Å². The summed E-state index contributed by atoms with van der Waals surface area (Å²) in [5.41, 5.74) is 0.0837. The van der Waals surface area contributed by atoms with E-state index in [-0.39, 0.29) is 39.2 Å². The van der Waals surface area contributed by atoms with Crippen molar-refractivity contribution in [3.05, 3.63) is 74.9 Å². The average Bonchev–Trinajstić information content (AvgIpc) is 2.90. The van der Waals surface area contributed by atoms with E-state index in [9.17, 15) is 34.2 Å². The lowest BCUT2D eigenvalue weighted by atomic mass is 10.0. The van der Waals surface area contributed by atoms with Crippen molar-refractivity contribution >= 4 is 64.6 Å². The molecule has 0 bridgehead atoms. The number of aromatic hydroxyl groups is 1. The van der Waals surface area contributed by atoms with Crippen LogP contribution in [0.25, 0.3) is 0 Å². The van der Waals surface area contributed by atoms with Gasteiger partial charge in [0.2, 0.25) is 5.91 Å². The lowest BCUT2D eigenvalue weighted by Crippen LogP contribution is -2.71. The number of β-lactam (4-membered cyclic amide) rings is 1. The predicted octanol–water partition coefficient (Wildman–Crippen LogP) is 2.47. The van der Waals surface area contributed by atoms with Gasteiger partial charge in [-0.05, 0) is 17.7 Å². The van der Waals surface area contributed by atoms with E-state index in [1.165, 1.54) is 30.8 Å². The van der Waals surface area contributed by atoms with Gasteiger partial charge in [-0.25, -0.2) is 4.79 Å². The van der Waals surface area contributed by atoms with E-state index in [2.05, 4.69) is 10.6 Å². The van der Waals surface area contributed by atoms with E-state index in [1.54, 1.807) is 30.3 Å². The quantitative estimate of drug-likeness (QED) is 0.266. The number of carbonyl (C=O) groups is 5. The number of phenols is 1. The smallest absolute Gasteiger partial charge is 0.352 e. The fraction of sp³-hybridized carbons (Fsp3) is 0.240. The summed E-state index contributed by atoms with van der Waals surface area (Å²) in [7, 11) is 0. The number of rotatable bonds is 8. The number of amides is 3. The molecule has 3 amide bonds. The molecule has 204 valence electrons. The van der Waals surface area contributed by atoms with Crippen molar-refractivity contribution in [2.45, 2.75) is 24.4 Å². The largest absolute Gasteiger partial charge is 0.506 e. The van der Waals surface area contributed by atoms with Gasteiger partial charge in [-0.3, -0.25) is 24.1 Å². The van der Waals surface area contributed by atoms with Gasteiger partial charge in [-0.1, -0.05) is 53.5 Å². The first kappa shape index (κ1) is 28.3. The molecule has 4 N–H and O–H groups in total. The van der Waals surface area contributed by atoms with E-state index in [0.717, 1.165) is 4.90 Å². The molecule has 4 rings (SSSR count). The number of carbonyl (C=O) groups excluding carboxylic acids is 4. The Labute approximate surface area is 236 Å². The second-order valence-corrected chi connectivity index (χ2v) is 10.5. The van der Waals surface area contributed by atoms with Crippen molar-refractivity contribution in [2.24, 2.45) is 0 Å². The third kappa shape index (κ3) is 5.82. The zero-order chi connectivity index (χ0) is 28.4. The number of hydrogen-bond acceptors (Lipinski definition) is 8. The maximum absolute atomic E-state index is 13.4. The van der Waals surface area contributed by atoms with Crippen molar-refractivity contribution in [3.8, 4) is 5.75 Å². The molecule has 2 heterocycles. The molecule has 0 radical (unpaired) electrons. The van der Waals surface area contributed by atoms with Crippen LogP contribution in [-0.4, -0.2) is 68.5 Å². The number of fused-ring (bicyclic) bond motifs is 1. The second kappa shape index (κ2) is 11.6. The SMILES string of the molecule is CC(=O)OCC1=C(C(=O)O)N2C(=O)[C@@H](NC(=O)[C@@H](NC(=O)c3cc(Cl)cc(Cl)c3O)c3ccccc3)[C@H]2SC1. The summed E-state index contributed by atoms with van der Waals surface area (Å²) in [5, 5.41) is 24.3. The molecule has 39 heavy (non-hydrogen) atoms. The van der Waals surface area contributed by atoms with E-state index >= 15 is 0 Å². The third-order valence-corrected chi connectivity index (χ3v) is 7.79. The Hall–Kier alpha value is -3.74. The number of nitrogens with one attached hydrogen (secondary N) is 2. The van der Waals surface area contributed by atoms with Gasteiger partial charge < -0.3 is 25.6 Å². The third-order valence-electron chi connectivity index (χ3n) is 5.94. The van der Waals surface area contributed by atoms with Gasteiger partial charge in [-0.15, -0.1) is 11.8 Å². The molecule has 3 atom stereocenters. The first-order chi connectivity index (χ1) is 18.5. The fourth-order valence-electron chi connectivity index (χ4n) is 4.11. The lowest BCUT2D eigenvalue weighted by molar-refractivity contribution is -0.151. The molecule has 1 saturated heterocycles. The Morgan fingerprint density at radius 2 is 1.87 bits per heavy atom. The molecular weight excluding hydrogens is 573 g/mol. The number of esters is 1. The maximum Gasteiger partial charge on any atom is 0.352 e. The highest BCUT2D eigenvalue weighted by Crippen LogP contribution is 2.40. The molecule has 2 aromatic carbocycles. The van der Waals surface area contributed by atoms with Crippen LogP contribution in [0.2, 0.25) is 10.0 Å². The Kier molecular flexibility index (Phi) is 8.38. The molecule has 0 saturated carbocycles. The summed E-state index contributed by atoms with van der Waals surface area (Å²) in [4.78, 5) is 63.6. The van der Waals surface area contributed by atoms with Gasteiger partial charge in [0.05, 0.1) is 10.6 Å². The van der Waals surface area contributed by atoms with E-state index in [0.29, 0.717) is 5.56 Å². The molecule has 11 nitrogen and oxygen atoms in total. The molecule has 0 spiro atoms. The summed E-state index contributed by atoms with van der Waals surface area (Å²) >= 11 is 13.1. The van der Waals surface area contributed by atoms with Crippen LogP contribution in [0.3, 0.4) is 0 Å². The summed E-state index contributed by atoms with van der Waals surface area (Å²) in [6.45, 7) is 0.907. The van der Waals surface area contributed by atoms with Crippen molar-refractivity contribution in [1.82, 2.24) is 15.5 Å². The number of aliphatic carboxylic acids is 1. The standard InChI is InChI=1S/C25H21Cl2N3O8S/c1-11(31)38-9-13-10-39-24-18(23(35)30(24)19(13)25(36)37)29-22(34)17(12-5-3-2-4-6-12)28-21(33)15-7-14(26)8-16(27)20(15)32/h2-8,17-18,24,32H,9-10H2,1H3,(H,28,33)(H,29,34)(H,36,37)/t17-,18+,24+/m0/s1. The predicted molar refractivity (Wildman–Crippen MR) is 141 cm³/mol. The van der Waals surface area contributed by atoms with Crippen LogP contribution in [0.1, 0.15) is 28.9 Å². The minimum atomic E-state index is -1.37. The number of nitrogens with zero attached hydrogens (tertiary/aromatic N) is 1. The molecule has 0 unspecified atom stereocenters. The van der Waals surface area contributed by atoms with E-state index in [1.807, 2.05) is 0 Å². The highest BCUT2D eigenvalue weighted by atomic mass is 35.5. The average molecular weight is 594 g/mol. The Morgan fingerprint density at radius 3 is 2.51 bits per heavy atom. The van der Waals surface area contributed by atoms with Crippen LogP contribution in [0, 0.1) is 0 Å². The minimum Gasteiger partial charge on any atom is -0.506 e. The summed E-state index contributed by atoms with van der Waals surface area (Å²) < 4.78 is 4.92. The van der Waals surface area contributed by atoms with Gasteiger partial charge in [0, 0.05) is 23.3 Å². The van der Waals surface area contributed by atoms with Gasteiger partial charge in [0.25, 0.3) is 11.8 Å². The van der Waals surface area contributed by atoms with Crippen molar-refractivity contribution in [2.75, 3.05) is 12.4 Å². The monoisotopic (exact) mass is 593 g/mol. The Bertz CT molecular complexity index is 1400. The zero-order valence-electron chi connectivity index (χ0n) is 20.1. The van der Waals surface area contributed by atoms with Gasteiger partial charge in [-0.2, -0.15) is 0 Å².